The second kappa shape index (κ2) is 17.9. The fourth-order valence-corrected chi connectivity index (χ4v) is 0. The molecule has 4 heavy (non-hydrogen) atoms. The Kier molecular flexibility index (Phi) is 142. The van der Waals surface area contributed by atoms with E-state index >= 15 is 0 Å². The Bertz CT molecular complexity index is 8.00. The molecule has 0 nitrogen and oxygen atoms in total. The van der Waals surface area contributed by atoms with Crippen molar-refractivity contribution in [1.82, 2.24) is 0 Å². The van der Waals surface area contributed by atoms with E-state index in [4.69, 9.17) is 0 Å². The predicted molar refractivity (Wildman–Crippen MR) is 0 cm³/mol. The average molecular weight is 390 g/mol. The van der Waals surface area contributed by atoms with Gasteiger partial charge in [-0.1, -0.05) is 0 Å². The van der Waals surface area contributed by atoms with Crippen LogP contribution in [0.5, 0.6) is 0 Å². The van der Waals surface area contributed by atoms with Crippen LogP contribution >= 0.6 is 0 Å². The van der Waals surface area contributed by atoms with E-state index in [1.807, 2.05) is 0 Å². The maximum Gasteiger partial charge on any atom is 0 e. The minimum atomic E-state index is 0. The van der Waals surface area contributed by atoms with Crippen LogP contribution in [0.1, 0.15) is 0 Å². The Labute approximate surface area is 76.5 Å². The third kappa shape index (κ3) is 8.82. The molecule has 0 heterocycles. The van der Waals surface area contributed by atoms with Crippen molar-refractivity contribution in [1.29, 1.82) is 0 Å². The van der Waals surface area contributed by atoms with Crippen LogP contribution in [-0.4, -0.2) is 0 Å². The number of hydrogen-bond acceptors (Lipinski definition) is 0. The van der Waals surface area contributed by atoms with Crippen molar-refractivity contribution in [3.8, 4) is 0 Å². The molecule has 0 rings (SSSR count). The standard InChI is InChI=1S/Co.Mo.V.W. The molecular formula is CoMoVW. The van der Waals surface area contributed by atoms with Gasteiger partial charge in [-0.25, -0.2) is 0 Å². The summed E-state index contributed by atoms with van der Waals surface area (Å²) in [5.74, 6) is 0. The normalized spacial score (nSPS) is 0. The van der Waals surface area contributed by atoms with E-state index in [2.05, 4.69) is 0 Å². The minimum Gasteiger partial charge on any atom is 0 e. The molecule has 0 unspecified atom stereocenters. The Morgan fingerprint density at radius 1 is 1.00 bits per heavy atom. The Hall–Kier alpha value is 2.47. The monoisotopic (exact) mass is 392 g/mol. The largest absolute Gasteiger partial charge is 0 e. The molecule has 0 aliphatic heterocycles. The molecule has 0 atom stereocenters. The quantitative estimate of drug-likeness (QED) is 0.511. The minimum absolute atomic E-state index is 0. The molecule has 0 N–H and O–H groups in total. The fraction of sp³-hybridized carbons (Fsp3) is 0. The van der Waals surface area contributed by atoms with E-state index in [0.29, 0.717) is 0 Å². The van der Waals surface area contributed by atoms with Gasteiger partial charge < -0.3 is 0 Å². The Balaban J connectivity index is 0. The van der Waals surface area contributed by atoms with Crippen molar-refractivity contribution < 1.29 is 77.5 Å². The second-order valence-corrected chi connectivity index (χ2v) is 0. The van der Waals surface area contributed by atoms with Crippen LogP contribution in [0.3, 0.4) is 0 Å². The first-order chi connectivity index (χ1) is 0. The molecule has 0 amide bonds. The van der Waals surface area contributed by atoms with Gasteiger partial charge in [0.1, 0.15) is 0 Å². The SMILES string of the molecule is [Co].[Mo].[V].[W]. The van der Waals surface area contributed by atoms with Crippen molar-refractivity contribution in [2.24, 2.45) is 0 Å². The number of hydrogen-bond donors (Lipinski definition) is 0. The van der Waals surface area contributed by atoms with Crippen LogP contribution in [0.25, 0.3) is 0 Å². The average Bonchev–Trinajstić information content (AvgIpc) is 0. The topological polar surface area (TPSA) is 0 Å². The second-order valence-electron chi connectivity index (χ2n) is 0. The van der Waals surface area contributed by atoms with Crippen molar-refractivity contribution in [3.05, 3.63) is 0 Å². The molecule has 0 fully saturated rings. The molecule has 0 aliphatic rings. The third-order valence-corrected chi connectivity index (χ3v) is 0. The first-order valence-electron chi connectivity index (χ1n) is 0. The third-order valence-electron chi connectivity index (χ3n) is 0. The van der Waals surface area contributed by atoms with Crippen molar-refractivity contribution >= 4 is 0 Å². The Morgan fingerprint density at radius 3 is 1.00 bits per heavy atom. The maximum atomic E-state index is 0. The van der Waals surface area contributed by atoms with Gasteiger partial charge >= 0.3 is 0 Å². The van der Waals surface area contributed by atoms with Crippen molar-refractivity contribution in [2.75, 3.05) is 0 Å². The van der Waals surface area contributed by atoms with Gasteiger partial charge in [-0.05, 0) is 0 Å². The van der Waals surface area contributed by atoms with Crippen LogP contribution in [0.2, 0.25) is 0 Å². The van der Waals surface area contributed by atoms with E-state index in [9.17, 15) is 0 Å². The first-order valence-corrected chi connectivity index (χ1v) is 0. The zero-order valence-electron chi connectivity index (χ0n) is 1.60. The van der Waals surface area contributed by atoms with Crippen molar-refractivity contribution in [3.63, 3.8) is 0 Å². The van der Waals surface area contributed by atoms with Gasteiger partial charge in [-0.15, -0.1) is 0 Å². The molecule has 4 heteroatoms. The summed E-state index contributed by atoms with van der Waals surface area (Å²) in [6, 6.07) is 0. The van der Waals surface area contributed by atoms with E-state index in [1.165, 1.54) is 0 Å². The zero-order valence-corrected chi connectivity index (χ0v) is 8.98. The summed E-state index contributed by atoms with van der Waals surface area (Å²) >= 11 is 0. The van der Waals surface area contributed by atoms with Crippen LogP contribution in [0, 0.1) is 0 Å². The summed E-state index contributed by atoms with van der Waals surface area (Å²) in [7, 11) is 0. The van der Waals surface area contributed by atoms with E-state index in [0.717, 1.165) is 0 Å². The molecule has 2 radical (unpaired) electrons. The molecule has 0 aliphatic carbocycles. The molecule has 0 aromatic heterocycles. The van der Waals surface area contributed by atoms with Gasteiger partial charge in [0.2, 0.25) is 0 Å². The van der Waals surface area contributed by atoms with Crippen LogP contribution in [-0.2, 0) is 77.5 Å². The van der Waals surface area contributed by atoms with Gasteiger partial charge in [0.25, 0.3) is 0 Å². The van der Waals surface area contributed by atoms with Crippen LogP contribution in [0.15, 0.2) is 0 Å². The first kappa shape index (κ1) is 31.8. The molecule has 26 valence electrons. The summed E-state index contributed by atoms with van der Waals surface area (Å²) in [4.78, 5) is 0. The molecule has 0 bridgehead atoms. The van der Waals surface area contributed by atoms with E-state index in [-0.39, 0.29) is 77.5 Å². The summed E-state index contributed by atoms with van der Waals surface area (Å²) < 4.78 is 0. The summed E-state index contributed by atoms with van der Waals surface area (Å²) in [5.41, 5.74) is 0. The van der Waals surface area contributed by atoms with Gasteiger partial charge in [0.05, 0.1) is 0 Å². The Morgan fingerprint density at radius 2 is 1.00 bits per heavy atom. The van der Waals surface area contributed by atoms with Gasteiger partial charge in [0.15, 0.2) is 0 Å². The maximum absolute atomic E-state index is 0. The number of rotatable bonds is 0. The zero-order chi connectivity index (χ0) is 0. The summed E-state index contributed by atoms with van der Waals surface area (Å²) in [6.07, 6.45) is 0. The fourth-order valence-electron chi connectivity index (χ4n) is 0. The van der Waals surface area contributed by atoms with Crippen LogP contribution in [0.4, 0.5) is 0 Å². The molecule has 0 spiro atoms. The van der Waals surface area contributed by atoms with Gasteiger partial charge in [-0.2, -0.15) is 0 Å². The molecule has 0 saturated carbocycles. The smallest absolute Gasteiger partial charge is 0 e. The molecular weight excluding hydrogens is 390 g/mol. The van der Waals surface area contributed by atoms with Gasteiger partial charge in [-0.3, -0.25) is 0 Å². The van der Waals surface area contributed by atoms with E-state index in [1.54, 1.807) is 0 Å². The van der Waals surface area contributed by atoms with E-state index < -0.39 is 0 Å². The predicted octanol–water partition coefficient (Wildman–Crippen LogP) is -0.0100. The molecule has 0 saturated heterocycles. The van der Waals surface area contributed by atoms with Gasteiger partial charge in [0, 0.05) is 77.5 Å². The molecule has 0 aromatic rings. The summed E-state index contributed by atoms with van der Waals surface area (Å²) in [6.45, 7) is 0. The molecule has 0 aromatic carbocycles. The van der Waals surface area contributed by atoms with Crippen LogP contribution < -0.4 is 0 Å². The summed E-state index contributed by atoms with van der Waals surface area (Å²) in [5, 5.41) is 0. The van der Waals surface area contributed by atoms with Crippen molar-refractivity contribution in [2.45, 2.75) is 0 Å².